The van der Waals surface area contributed by atoms with Gasteiger partial charge in [-0.25, -0.2) is 15.0 Å². The lowest BCUT2D eigenvalue weighted by molar-refractivity contribution is -0.115. The minimum atomic E-state index is -0.404. The Bertz CT molecular complexity index is 1100. The van der Waals surface area contributed by atoms with Crippen molar-refractivity contribution in [2.24, 2.45) is 0 Å². The number of aryl methyl sites for hydroxylation is 1. The van der Waals surface area contributed by atoms with Crippen molar-refractivity contribution in [2.75, 3.05) is 10.6 Å². The predicted molar refractivity (Wildman–Crippen MR) is 119 cm³/mol. The summed E-state index contributed by atoms with van der Waals surface area (Å²) in [5.74, 6) is 0.496. The highest BCUT2D eigenvalue weighted by molar-refractivity contribution is 7.15. The van der Waals surface area contributed by atoms with Crippen LogP contribution in [0.4, 0.5) is 11.1 Å². The second-order valence-corrected chi connectivity index (χ2v) is 8.47. The van der Waals surface area contributed by atoms with E-state index in [1.165, 1.54) is 23.7 Å². The van der Waals surface area contributed by atoms with Crippen LogP contribution < -0.4 is 10.6 Å². The molecule has 0 aliphatic carbocycles. The Balaban J connectivity index is 0.000000179. The molecule has 4 heterocycles. The third kappa shape index (κ3) is 6.59. The van der Waals surface area contributed by atoms with Gasteiger partial charge in [0.2, 0.25) is 5.91 Å². The fourth-order valence-corrected chi connectivity index (χ4v) is 3.82. The van der Waals surface area contributed by atoms with Crippen LogP contribution >= 0.6 is 22.7 Å². The Morgan fingerprint density at radius 2 is 2.00 bits per heavy atom. The second-order valence-electron chi connectivity index (χ2n) is 6.63. The molecule has 4 rings (SSSR count). The summed E-state index contributed by atoms with van der Waals surface area (Å²) in [6.07, 6.45) is 6.26. The minimum Gasteiger partial charge on any atom is -0.448 e. The van der Waals surface area contributed by atoms with Crippen LogP contribution in [0.1, 0.15) is 46.5 Å². The average Bonchev–Trinajstić information content (AvgIpc) is 3.50. The van der Waals surface area contributed by atoms with Crippen molar-refractivity contribution < 1.29 is 18.4 Å². The highest BCUT2D eigenvalue weighted by Crippen LogP contribution is 2.25. The van der Waals surface area contributed by atoms with E-state index in [-0.39, 0.29) is 17.6 Å². The van der Waals surface area contributed by atoms with Crippen LogP contribution in [0.25, 0.3) is 0 Å². The van der Waals surface area contributed by atoms with E-state index >= 15 is 0 Å². The summed E-state index contributed by atoms with van der Waals surface area (Å²) >= 11 is 3.14. The largest absolute Gasteiger partial charge is 0.448 e. The minimum absolute atomic E-state index is 0.00643. The fraction of sp³-hybridized carbons (Fsp3) is 0.250. The number of nitrogens with one attached hydrogen (secondary N) is 2. The first-order valence-corrected chi connectivity index (χ1v) is 11.1. The molecule has 0 radical (unpaired) electrons. The molecule has 162 valence electrons. The van der Waals surface area contributed by atoms with Crippen molar-refractivity contribution in [1.29, 1.82) is 0 Å². The zero-order chi connectivity index (χ0) is 22.2. The summed E-state index contributed by atoms with van der Waals surface area (Å²) in [5, 5.41) is 9.91. The summed E-state index contributed by atoms with van der Waals surface area (Å²) in [6, 6.07) is 2.10. The van der Waals surface area contributed by atoms with Crippen LogP contribution in [0.15, 0.2) is 50.7 Å². The van der Waals surface area contributed by atoms with Crippen molar-refractivity contribution in [3.8, 4) is 0 Å². The van der Waals surface area contributed by atoms with Crippen LogP contribution in [0.3, 0.4) is 0 Å². The van der Waals surface area contributed by atoms with Crippen molar-refractivity contribution in [3.05, 3.63) is 63.8 Å². The van der Waals surface area contributed by atoms with E-state index in [1.807, 2.05) is 23.0 Å². The SMILES string of the molecule is CC(C)c1cnc(NC(=O)Cc2ccsc2)s1.Cc1ocnc1C(=O)Nc1ncco1. The summed E-state index contributed by atoms with van der Waals surface area (Å²) in [7, 11) is 0. The molecule has 2 amide bonds. The third-order valence-electron chi connectivity index (χ3n) is 3.90. The van der Waals surface area contributed by atoms with E-state index in [0.29, 0.717) is 23.2 Å². The van der Waals surface area contributed by atoms with Crippen LogP contribution in [0, 0.1) is 6.92 Å². The van der Waals surface area contributed by atoms with Gasteiger partial charge >= 0.3 is 6.01 Å². The van der Waals surface area contributed by atoms with Gasteiger partial charge in [-0.15, -0.1) is 11.3 Å². The number of hydrogen-bond donors (Lipinski definition) is 2. The lowest BCUT2D eigenvalue weighted by Gasteiger charge is -2.00. The van der Waals surface area contributed by atoms with E-state index in [0.717, 1.165) is 5.56 Å². The van der Waals surface area contributed by atoms with Crippen LogP contribution in [-0.2, 0) is 11.2 Å². The Morgan fingerprint density at radius 3 is 2.58 bits per heavy atom. The van der Waals surface area contributed by atoms with E-state index in [9.17, 15) is 9.59 Å². The Labute approximate surface area is 186 Å². The smallest absolute Gasteiger partial charge is 0.301 e. The molecule has 0 unspecified atom stereocenters. The number of rotatable bonds is 6. The van der Waals surface area contributed by atoms with Gasteiger partial charge in [-0.3, -0.25) is 14.9 Å². The topological polar surface area (TPSA) is 123 Å². The van der Waals surface area contributed by atoms with Gasteiger partial charge < -0.3 is 14.2 Å². The number of thiazole rings is 1. The molecular formula is C20H21N5O4S2. The van der Waals surface area contributed by atoms with Crippen LogP contribution in [0.2, 0.25) is 0 Å². The molecule has 4 aromatic rings. The Kier molecular flexibility index (Phi) is 7.68. The summed E-state index contributed by atoms with van der Waals surface area (Å²) < 4.78 is 9.72. The summed E-state index contributed by atoms with van der Waals surface area (Å²) in [4.78, 5) is 36.1. The van der Waals surface area contributed by atoms with Crippen molar-refractivity contribution in [2.45, 2.75) is 33.1 Å². The van der Waals surface area contributed by atoms with Gasteiger partial charge in [0.1, 0.15) is 12.0 Å². The maximum absolute atomic E-state index is 11.7. The van der Waals surface area contributed by atoms with Gasteiger partial charge in [0.25, 0.3) is 5.91 Å². The number of thiophene rings is 1. The van der Waals surface area contributed by atoms with Gasteiger partial charge in [0.15, 0.2) is 17.2 Å². The predicted octanol–water partition coefficient (Wildman–Crippen LogP) is 4.73. The molecule has 0 aliphatic heterocycles. The normalized spacial score (nSPS) is 10.5. The summed E-state index contributed by atoms with van der Waals surface area (Å²) in [5.41, 5.74) is 1.27. The first-order chi connectivity index (χ1) is 14.9. The highest BCUT2D eigenvalue weighted by atomic mass is 32.1. The molecule has 0 fully saturated rings. The quantitative estimate of drug-likeness (QED) is 0.427. The standard InChI is InChI=1S/C12H14N2OS2.C8H7N3O3/c1-8(2)10-6-13-12(17-10)14-11(15)5-9-3-4-16-7-9;1-5-6(10-4-14-5)7(12)11-8-9-2-3-13-8/h3-4,6-8H,5H2,1-2H3,(H,13,14,15);2-4H,1H3,(H,9,11,12). The molecule has 0 atom stereocenters. The number of aromatic nitrogens is 3. The summed E-state index contributed by atoms with van der Waals surface area (Å²) in [6.45, 7) is 5.88. The lowest BCUT2D eigenvalue weighted by Crippen LogP contribution is -2.13. The van der Waals surface area contributed by atoms with E-state index in [2.05, 4.69) is 39.4 Å². The zero-order valence-corrected chi connectivity index (χ0v) is 18.8. The molecule has 0 bridgehead atoms. The molecule has 2 N–H and O–H groups in total. The highest BCUT2D eigenvalue weighted by Gasteiger charge is 2.14. The van der Waals surface area contributed by atoms with Gasteiger partial charge in [0, 0.05) is 11.1 Å². The molecule has 0 saturated heterocycles. The molecule has 0 aliphatic rings. The molecular weight excluding hydrogens is 438 g/mol. The molecule has 11 heteroatoms. The number of hydrogen-bond acceptors (Lipinski definition) is 9. The van der Waals surface area contributed by atoms with Crippen molar-refractivity contribution in [3.63, 3.8) is 0 Å². The number of nitrogens with zero attached hydrogens (tertiary/aromatic N) is 3. The fourth-order valence-electron chi connectivity index (χ4n) is 2.32. The van der Waals surface area contributed by atoms with E-state index < -0.39 is 5.91 Å². The zero-order valence-electron chi connectivity index (χ0n) is 17.1. The molecule has 4 aromatic heterocycles. The number of anilines is 2. The van der Waals surface area contributed by atoms with Crippen LogP contribution in [0.5, 0.6) is 0 Å². The Morgan fingerprint density at radius 1 is 1.16 bits per heavy atom. The van der Waals surface area contributed by atoms with Crippen LogP contribution in [-0.4, -0.2) is 26.8 Å². The number of oxazole rings is 2. The molecule has 31 heavy (non-hydrogen) atoms. The van der Waals surface area contributed by atoms with E-state index in [4.69, 9.17) is 8.83 Å². The molecule has 0 spiro atoms. The molecule has 0 saturated carbocycles. The lowest BCUT2D eigenvalue weighted by atomic mass is 10.2. The number of amides is 2. The maximum atomic E-state index is 11.7. The second kappa shape index (κ2) is 10.6. The molecule has 0 aromatic carbocycles. The molecule has 9 nitrogen and oxygen atoms in total. The van der Waals surface area contributed by atoms with Gasteiger partial charge in [0.05, 0.1) is 12.6 Å². The van der Waals surface area contributed by atoms with Gasteiger partial charge in [-0.05, 0) is 35.2 Å². The average molecular weight is 460 g/mol. The Hall–Kier alpha value is -3.31. The third-order valence-corrected chi connectivity index (χ3v) is 5.84. The van der Waals surface area contributed by atoms with Crippen molar-refractivity contribution in [1.82, 2.24) is 15.0 Å². The monoisotopic (exact) mass is 459 g/mol. The van der Waals surface area contributed by atoms with Gasteiger partial charge in [-0.1, -0.05) is 13.8 Å². The van der Waals surface area contributed by atoms with Crippen molar-refractivity contribution >= 4 is 45.6 Å². The number of carbonyl (C=O) groups is 2. The maximum Gasteiger partial charge on any atom is 0.301 e. The first kappa shape index (κ1) is 22.4. The number of carbonyl (C=O) groups excluding carboxylic acids is 2. The van der Waals surface area contributed by atoms with Gasteiger partial charge in [-0.2, -0.15) is 11.3 Å². The van der Waals surface area contributed by atoms with E-state index in [1.54, 1.807) is 29.6 Å². The first-order valence-electron chi connectivity index (χ1n) is 9.30.